The van der Waals surface area contributed by atoms with E-state index in [-0.39, 0.29) is 75.9 Å². The van der Waals surface area contributed by atoms with Crippen LogP contribution in [0.1, 0.15) is 166 Å². The Labute approximate surface area is 753 Å². The van der Waals surface area contributed by atoms with Crippen LogP contribution in [-0.2, 0) is 88.8 Å². The summed E-state index contributed by atoms with van der Waals surface area (Å²) in [4.78, 5) is 176. The minimum absolute atomic E-state index is 0.0201. The van der Waals surface area contributed by atoms with E-state index >= 15 is 4.79 Å². The number of aliphatic hydroxyl groups is 2. The van der Waals surface area contributed by atoms with Gasteiger partial charge in [-0.05, 0) is 146 Å². The molecule has 6 rings (SSSR count). The highest BCUT2D eigenvalue weighted by Gasteiger charge is 2.42. The number of cyclic esters (lactones) is 1. The summed E-state index contributed by atoms with van der Waals surface area (Å²) in [6, 6.07) is 6.07. The average Bonchev–Trinajstić information content (AvgIpc) is 0.778. The predicted octanol–water partition coefficient (Wildman–Crippen LogP) is 0.328. The highest BCUT2D eigenvalue weighted by Crippen LogP contribution is 2.44. The number of guanidine groups is 1. The average molecular weight is 1840 g/mol. The lowest BCUT2D eigenvalue weighted by molar-refractivity contribution is -0.157. The third-order valence-electron chi connectivity index (χ3n) is 23.6. The number of rotatable bonds is 48. The molecule has 1 saturated heterocycles. The summed E-state index contributed by atoms with van der Waals surface area (Å²) in [7, 11) is -8.55. The first-order valence-corrected chi connectivity index (χ1v) is 47.0. The van der Waals surface area contributed by atoms with Gasteiger partial charge >= 0.3 is 5.97 Å². The van der Waals surface area contributed by atoms with Crippen molar-refractivity contribution in [2.45, 2.75) is 249 Å². The summed E-state index contributed by atoms with van der Waals surface area (Å²) >= 11 is 0. The number of aliphatic hydroxyl groups excluding tert-OH is 2. The second-order valence-corrected chi connectivity index (χ2v) is 35.6. The van der Waals surface area contributed by atoms with Crippen LogP contribution in [-0.4, -0.2) is 241 Å². The number of ether oxygens (including phenoxy) is 1. The van der Waals surface area contributed by atoms with Gasteiger partial charge in [-0.3, -0.25) is 57.7 Å². The van der Waals surface area contributed by atoms with Crippen molar-refractivity contribution in [1.29, 1.82) is 0 Å². The quantitative estimate of drug-likeness (QED) is 0.00474. The molecule has 129 heavy (non-hydrogen) atoms. The minimum atomic E-state index is -5.46. The monoisotopic (exact) mass is 1840 g/mol. The van der Waals surface area contributed by atoms with Gasteiger partial charge in [-0.15, -0.1) is 0 Å². The van der Waals surface area contributed by atoms with E-state index in [9.17, 15) is 84.3 Å². The van der Waals surface area contributed by atoms with Crippen molar-refractivity contribution < 1.29 is 98.3 Å². The van der Waals surface area contributed by atoms with Crippen molar-refractivity contribution in [2.75, 3.05) is 64.4 Å². The van der Waals surface area contributed by atoms with Gasteiger partial charge in [-0.1, -0.05) is 117 Å². The molecule has 2 aliphatic heterocycles. The normalized spacial score (nSPS) is 18.4. The number of nitrogens with one attached hydrogen (secondary N) is 12. The number of aliphatic imine (C=N–C) groups is 1. The maximum Gasteiger partial charge on any atom is 0.329 e. The standard InChI is InChI=1S/C88H132N18O21S2/c1-15-49(9)72(101-80(113)64(92-14)43-54-29-24-23-25-30-54)83(116)98-65(47-107)81(114)96-63(39-40-70(89)109)79(112)100-74(51(11)17-3)85(118)102-73(50(10)16-2)84(117)99-66(48-108)82(115)104-76-53(13)126-87(120)75(52(12)18-4)103-78(111)62(32-28-41-93-88(90)91)95-77(110)61(97-86(76)119)31-26-27-42-94-128(121,122)57-35-38-60(69(46-57)129(123,124)125)71-58-36-33-55(105(19-5)20-6)44-67(58)127-68-45-56(34-37-59(68)71)106(21-7)22-8/h23-25,29-30,33-38,44-46,49-53,61-66,72-76,92,94,107-108H,15-22,26-28,31-32,39-43,47-48H2,1-14H3,(H16-,89,90,91,93,95,96,97,98,99,100,101,102,103,104,109,110,111,112,113,114,115,116,117,118,119,123,124,125)/t49-,50-,51-,52-,53-,61-,62-,63+,64+,65-,66-,72-,73-,74+,75-,76+/m0/s1. The summed E-state index contributed by atoms with van der Waals surface area (Å²) in [6.07, 6.45) is -1.97. The number of fused-ring (bicyclic) bond motifs is 2. The lowest BCUT2D eigenvalue weighted by atomic mass is 9.93. The molecule has 0 unspecified atom stereocenters. The lowest BCUT2D eigenvalue weighted by Crippen LogP contribution is -2.63. The number of amides is 11. The SMILES string of the molecule is CC[C@H](C)[C@H](NC(=O)[C@@H](Cc1ccccc1)NC)C(=O)N[C@@H](CO)C(=O)N[C@H](CCC(N)=O)C(=O)N[C@@H](C(=O)N[C@H](C(=O)N[C@@H](CO)C(=O)N[C@H]1C(=O)N[C@@H](CCCCNS(=O)(=O)c2ccc(-c3c4ccc(=[N+](CC)CC)cc-4oc4cc(N(CC)CC)ccc34)c(S(=O)(=O)[O-])c2)C(=O)N[C@@H](CCCN=C(N)N)C(=O)N[C@@H]([C@@H](C)CC)C(=O)O[C@H]1C)[C@@H](C)CC)[C@@H](C)CC. The predicted molar refractivity (Wildman–Crippen MR) is 483 cm³/mol. The first-order valence-electron chi connectivity index (χ1n) is 44.1. The Morgan fingerprint density at radius 2 is 1.12 bits per heavy atom. The Morgan fingerprint density at radius 1 is 0.597 bits per heavy atom. The van der Waals surface area contributed by atoms with E-state index in [1.807, 2.05) is 82.3 Å². The van der Waals surface area contributed by atoms with Crippen molar-refractivity contribution in [3.05, 3.63) is 95.8 Å². The summed E-state index contributed by atoms with van der Waals surface area (Å²) in [5.41, 5.74) is 19.3. The Morgan fingerprint density at radius 3 is 1.66 bits per heavy atom. The molecule has 0 saturated carbocycles. The number of nitrogens with zero attached hydrogens (tertiary/aromatic N) is 3. The number of sulfonamides is 1. The molecule has 3 aliphatic rings. The number of esters is 1. The van der Waals surface area contributed by atoms with E-state index in [0.717, 1.165) is 28.7 Å². The van der Waals surface area contributed by atoms with Gasteiger partial charge in [0.1, 0.15) is 101 Å². The molecule has 0 bridgehead atoms. The maximum absolute atomic E-state index is 15.1. The van der Waals surface area contributed by atoms with Crippen LogP contribution < -0.4 is 95.2 Å². The molecule has 3 aromatic rings. The zero-order valence-electron chi connectivity index (χ0n) is 76.0. The molecule has 20 N–H and O–H groups in total. The number of unbranched alkanes of at least 4 members (excludes halogenated alkanes) is 1. The smallest absolute Gasteiger partial charge is 0.329 e. The number of anilines is 1. The van der Waals surface area contributed by atoms with Crippen LogP contribution in [0.4, 0.5) is 5.69 Å². The van der Waals surface area contributed by atoms with Crippen LogP contribution >= 0.6 is 0 Å². The fourth-order valence-corrected chi connectivity index (χ4v) is 16.7. The van der Waals surface area contributed by atoms with Crippen molar-refractivity contribution in [3.63, 3.8) is 0 Å². The van der Waals surface area contributed by atoms with E-state index in [4.69, 9.17) is 26.4 Å². The topological polar surface area (TPSA) is 600 Å². The van der Waals surface area contributed by atoms with Crippen LogP contribution in [0.3, 0.4) is 0 Å². The third kappa shape index (κ3) is 29.9. The van der Waals surface area contributed by atoms with Crippen molar-refractivity contribution in [2.24, 2.45) is 45.9 Å². The van der Waals surface area contributed by atoms with Crippen molar-refractivity contribution >= 4 is 114 Å². The zero-order valence-corrected chi connectivity index (χ0v) is 77.6. The van der Waals surface area contributed by atoms with Crippen LogP contribution in [0.2, 0.25) is 0 Å². The second kappa shape index (κ2) is 50.6. The molecule has 41 heteroatoms. The summed E-state index contributed by atoms with van der Waals surface area (Å²) < 4.78 is 86.1. The number of likely N-dealkylation sites (N-methyl/N-ethyl adjacent to an activating group) is 1. The molecule has 1 fully saturated rings. The van der Waals surface area contributed by atoms with Gasteiger partial charge in [0.15, 0.2) is 5.96 Å². The van der Waals surface area contributed by atoms with Gasteiger partial charge < -0.3 is 105 Å². The number of carbonyl (C=O) groups is 12. The second-order valence-electron chi connectivity index (χ2n) is 32.5. The summed E-state index contributed by atoms with van der Waals surface area (Å²) in [5, 5.41) is 51.3. The molecule has 39 nitrogen and oxygen atoms in total. The van der Waals surface area contributed by atoms with E-state index < -0.39 is 230 Å². The van der Waals surface area contributed by atoms with Crippen LogP contribution in [0.5, 0.6) is 0 Å². The molecular formula is C88H132N18O21S2. The van der Waals surface area contributed by atoms with E-state index in [2.05, 4.69) is 77.7 Å². The molecule has 16 atom stereocenters. The Hall–Kier alpha value is -11.2. The van der Waals surface area contributed by atoms with Crippen molar-refractivity contribution in [3.8, 4) is 22.5 Å². The number of benzene rings is 4. The largest absolute Gasteiger partial charge is 0.744 e. The van der Waals surface area contributed by atoms with Crippen LogP contribution in [0.15, 0.2) is 104 Å². The molecule has 11 amide bonds. The summed E-state index contributed by atoms with van der Waals surface area (Å²) in [6.45, 7) is 22.5. The molecule has 0 aromatic heterocycles. The van der Waals surface area contributed by atoms with E-state index in [1.165, 1.54) is 13.0 Å². The molecule has 0 radical (unpaired) electrons. The molecule has 0 spiro atoms. The van der Waals surface area contributed by atoms with Crippen LogP contribution in [0.25, 0.3) is 33.4 Å². The van der Waals surface area contributed by atoms with Gasteiger partial charge in [0.2, 0.25) is 80.4 Å². The van der Waals surface area contributed by atoms with Gasteiger partial charge in [-0.25, -0.2) is 30.9 Å². The highest BCUT2D eigenvalue weighted by molar-refractivity contribution is 7.89. The Bertz CT molecular complexity index is 5030. The molecule has 2 heterocycles. The minimum Gasteiger partial charge on any atom is -0.744 e. The number of carbonyl (C=O) groups excluding carboxylic acids is 12. The molecule has 3 aromatic carbocycles. The number of hydrogen-bond donors (Lipinski definition) is 17. The molecule has 712 valence electrons. The lowest BCUT2D eigenvalue weighted by Gasteiger charge is -2.31. The Kier molecular flexibility index (Phi) is 41.8. The third-order valence-corrected chi connectivity index (χ3v) is 25.9. The number of nitrogens with two attached hydrogens (primary N) is 3. The zero-order chi connectivity index (χ0) is 95.9. The maximum atomic E-state index is 15.1. The molecule has 1 aliphatic carbocycles. The van der Waals surface area contributed by atoms with Gasteiger partial charge in [0.25, 0.3) is 0 Å². The fraction of sp³-hybridized carbons (Fsp3) is 0.568. The summed E-state index contributed by atoms with van der Waals surface area (Å²) in [5.74, 6) is -14.5. The Balaban J connectivity index is 1.26. The number of hydrogen-bond acceptors (Lipinski definition) is 24. The van der Waals surface area contributed by atoms with Gasteiger partial charge in [0, 0.05) is 72.5 Å². The number of primary amides is 1. The fourth-order valence-electron chi connectivity index (χ4n) is 14.8. The highest BCUT2D eigenvalue weighted by atomic mass is 32.2. The van der Waals surface area contributed by atoms with Gasteiger partial charge in [-0.2, -0.15) is 0 Å². The first-order chi connectivity index (χ1) is 61.1. The van der Waals surface area contributed by atoms with Gasteiger partial charge in [0.05, 0.1) is 35.1 Å². The first kappa shape index (κ1) is 107. The van der Waals surface area contributed by atoms with E-state index in [1.54, 1.807) is 74.6 Å². The van der Waals surface area contributed by atoms with Crippen molar-refractivity contribution in [1.82, 2.24) is 67.8 Å². The molecular weight excluding hydrogens is 1710 g/mol. The van der Waals surface area contributed by atoms with Crippen LogP contribution in [0, 0.1) is 23.7 Å². The van der Waals surface area contributed by atoms with E-state index in [0.29, 0.717) is 60.5 Å².